The van der Waals surface area contributed by atoms with E-state index in [9.17, 15) is 9.59 Å². The van der Waals surface area contributed by atoms with Crippen molar-refractivity contribution in [3.8, 4) is 10.6 Å². The highest BCUT2D eigenvalue weighted by molar-refractivity contribution is 7.13. The lowest BCUT2D eigenvalue weighted by molar-refractivity contribution is -0.125. The minimum absolute atomic E-state index is 0.0307. The molecule has 1 heterocycles. The summed E-state index contributed by atoms with van der Waals surface area (Å²) in [6.07, 6.45) is 0.979. The van der Waals surface area contributed by atoms with Gasteiger partial charge in [-0.2, -0.15) is 0 Å². The third-order valence-corrected chi connectivity index (χ3v) is 4.94. The summed E-state index contributed by atoms with van der Waals surface area (Å²) in [6.45, 7) is 7.75. The highest BCUT2D eigenvalue weighted by atomic mass is 32.1. The number of carbonyl (C=O) groups is 2. The number of hydrogen-bond acceptors (Lipinski definition) is 5. The molecule has 0 fully saturated rings. The number of aryl methyl sites for hydroxylation is 1. The van der Waals surface area contributed by atoms with Crippen LogP contribution in [0.25, 0.3) is 10.6 Å². The third kappa shape index (κ3) is 5.39. The normalized spacial score (nSPS) is 12.0. The Kier molecular flexibility index (Phi) is 6.70. The van der Waals surface area contributed by atoms with Crippen molar-refractivity contribution in [1.82, 2.24) is 10.3 Å². The molecule has 1 amide bonds. The number of hydrogen-bond donors (Lipinski definition) is 1. The van der Waals surface area contributed by atoms with Gasteiger partial charge in [0, 0.05) is 17.0 Å². The summed E-state index contributed by atoms with van der Waals surface area (Å²) in [6, 6.07) is 8.12. The second-order valence-corrected chi connectivity index (χ2v) is 7.12. The molecule has 5 nitrogen and oxygen atoms in total. The van der Waals surface area contributed by atoms with Gasteiger partial charge in [-0.15, -0.1) is 11.3 Å². The van der Waals surface area contributed by atoms with Gasteiger partial charge in [-0.3, -0.25) is 4.79 Å². The lowest BCUT2D eigenvalue weighted by Crippen LogP contribution is -2.38. The molecule has 0 spiro atoms. The van der Waals surface area contributed by atoms with Crippen molar-refractivity contribution in [2.24, 2.45) is 5.92 Å². The van der Waals surface area contributed by atoms with Crippen LogP contribution in [-0.2, 0) is 16.0 Å². The van der Waals surface area contributed by atoms with E-state index in [-0.39, 0.29) is 24.2 Å². The molecule has 2 rings (SSSR count). The van der Waals surface area contributed by atoms with Gasteiger partial charge in [0.25, 0.3) is 5.91 Å². The molecule has 0 bridgehead atoms. The van der Waals surface area contributed by atoms with E-state index in [0.29, 0.717) is 5.92 Å². The number of esters is 1. The number of ether oxygens (including phenoxy) is 1. The maximum Gasteiger partial charge on any atom is 0.358 e. The fourth-order valence-corrected chi connectivity index (χ4v) is 2.85. The topological polar surface area (TPSA) is 68.3 Å². The summed E-state index contributed by atoms with van der Waals surface area (Å²) < 4.78 is 5.05. The van der Waals surface area contributed by atoms with Crippen molar-refractivity contribution < 1.29 is 14.3 Å². The van der Waals surface area contributed by atoms with Gasteiger partial charge in [-0.25, -0.2) is 9.78 Å². The standard InChI is InChI=1S/C19H24N2O3S/c1-5-14-6-8-15(9-7-14)18-21-16(11-25-18)19(23)24-10-17(22)20-13(4)12(2)3/h6-9,11-13H,5,10H2,1-4H3,(H,20,22)/t13-/m0/s1. The Balaban J connectivity index is 1.92. The van der Waals surface area contributed by atoms with Crippen LogP contribution in [0.2, 0.25) is 0 Å². The molecule has 0 radical (unpaired) electrons. The first-order valence-electron chi connectivity index (χ1n) is 8.42. The Labute approximate surface area is 152 Å². The Morgan fingerprint density at radius 1 is 1.20 bits per heavy atom. The first-order chi connectivity index (χ1) is 11.9. The van der Waals surface area contributed by atoms with Crippen LogP contribution in [0.4, 0.5) is 0 Å². The van der Waals surface area contributed by atoms with E-state index in [0.717, 1.165) is 17.0 Å². The number of benzene rings is 1. The van der Waals surface area contributed by atoms with Crippen LogP contribution in [0, 0.1) is 5.92 Å². The Morgan fingerprint density at radius 2 is 1.88 bits per heavy atom. The molecule has 1 aromatic carbocycles. The molecule has 6 heteroatoms. The zero-order chi connectivity index (χ0) is 18.4. The number of thiazole rings is 1. The van der Waals surface area contributed by atoms with Gasteiger partial charge in [-0.1, -0.05) is 45.0 Å². The summed E-state index contributed by atoms with van der Waals surface area (Å²) in [4.78, 5) is 28.1. The van der Waals surface area contributed by atoms with Crippen LogP contribution in [0.15, 0.2) is 29.6 Å². The van der Waals surface area contributed by atoms with Crippen molar-refractivity contribution in [1.29, 1.82) is 0 Å². The minimum Gasteiger partial charge on any atom is -0.451 e. The lowest BCUT2D eigenvalue weighted by Gasteiger charge is -2.17. The van der Waals surface area contributed by atoms with Crippen LogP contribution in [0.3, 0.4) is 0 Å². The fourth-order valence-electron chi connectivity index (χ4n) is 2.05. The van der Waals surface area contributed by atoms with E-state index >= 15 is 0 Å². The van der Waals surface area contributed by atoms with E-state index in [1.165, 1.54) is 16.9 Å². The molecule has 0 aliphatic rings. The third-order valence-electron chi connectivity index (χ3n) is 4.05. The van der Waals surface area contributed by atoms with Crippen LogP contribution < -0.4 is 5.32 Å². The zero-order valence-electron chi connectivity index (χ0n) is 15.0. The molecule has 0 saturated carbocycles. The quantitative estimate of drug-likeness (QED) is 0.765. The highest BCUT2D eigenvalue weighted by Crippen LogP contribution is 2.24. The molecule has 0 saturated heterocycles. The zero-order valence-corrected chi connectivity index (χ0v) is 15.9. The van der Waals surface area contributed by atoms with Crippen LogP contribution in [0.5, 0.6) is 0 Å². The maximum absolute atomic E-state index is 12.1. The largest absolute Gasteiger partial charge is 0.451 e. The van der Waals surface area contributed by atoms with Gasteiger partial charge in [-0.05, 0) is 24.8 Å². The average Bonchev–Trinajstić information content (AvgIpc) is 3.09. The van der Waals surface area contributed by atoms with Crippen molar-refractivity contribution in [2.75, 3.05) is 6.61 Å². The van der Waals surface area contributed by atoms with Crippen molar-refractivity contribution in [3.63, 3.8) is 0 Å². The Bertz CT molecular complexity index is 723. The van der Waals surface area contributed by atoms with Gasteiger partial charge in [0.1, 0.15) is 5.01 Å². The molecule has 25 heavy (non-hydrogen) atoms. The maximum atomic E-state index is 12.1. The summed E-state index contributed by atoms with van der Waals surface area (Å²) in [5.74, 6) is -0.569. The van der Waals surface area contributed by atoms with Crippen LogP contribution >= 0.6 is 11.3 Å². The predicted octanol–water partition coefficient (Wildman–Crippen LogP) is 3.69. The molecular formula is C19H24N2O3S. The number of nitrogens with one attached hydrogen (secondary N) is 1. The van der Waals surface area contributed by atoms with Crippen molar-refractivity contribution in [2.45, 2.75) is 40.2 Å². The lowest BCUT2D eigenvalue weighted by atomic mass is 10.1. The van der Waals surface area contributed by atoms with E-state index in [1.807, 2.05) is 32.9 Å². The van der Waals surface area contributed by atoms with Gasteiger partial charge < -0.3 is 10.1 Å². The van der Waals surface area contributed by atoms with Gasteiger partial charge in [0.2, 0.25) is 0 Å². The van der Waals surface area contributed by atoms with Crippen molar-refractivity contribution in [3.05, 3.63) is 40.9 Å². The van der Waals surface area contributed by atoms with E-state index in [1.54, 1.807) is 5.38 Å². The number of carbonyl (C=O) groups excluding carboxylic acids is 2. The second-order valence-electron chi connectivity index (χ2n) is 6.26. The second kappa shape index (κ2) is 8.76. The van der Waals surface area contributed by atoms with E-state index in [4.69, 9.17) is 4.74 Å². The summed E-state index contributed by atoms with van der Waals surface area (Å²) in [7, 11) is 0. The molecule has 0 unspecified atom stereocenters. The molecule has 1 N–H and O–H groups in total. The van der Waals surface area contributed by atoms with Gasteiger partial charge in [0.05, 0.1) is 0 Å². The van der Waals surface area contributed by atoms with E-state index in [2.05, 4.69) is 29.4 Å². The predicted molar refractivity (Wildman–Crippen MR) is 99.7 cm³/mol. The number of nitrogens with zero attached hydrogens (tertiary/aromatic N) is 1. The fraction of sp³-hybridized carbons (Fsp3) is 0.421. The molecule has 1 atom stereocenters. The molecular weight excluding hydrogens is 336 g/mol. The minimum atomic E-state index is -0.583. The monoisotopic (exact) mass is 360 g/mol. The smallest absolute Gasteiger partial charge is 0.358 e. The summed E-state index contributed by atoms with van der Waals surface area (Å²) in [5.41, 5.74) is 2.44. The molecule has 1 aromatic heterocycles. The van der Waals surface area contributed by atoms with Crippen molar-refractivity contribution >= 4 is 23.2 Å². The SMILES string of the molecule is CCc1ccc(-c2nc(C(=O)OCC(=O)N[C@@H](C)C(C)C)cs2)cc1. The van der Waals surface area contributed by atoms with Crippen LogP contribution in [-0.4, -0.2) is 29.5 Å². The molecule has 134 valence electrons. The van der Waals surface area contributed by atoms with E-state index < -0.39 is 5.97 Å². The Hall–Kier alpha value is -2.21. The number of aromatic nitrogens is 1. The molecule has 0 aliphatic heterocycles. The molecule has 0 aliphatic carbocycles. The highest BCUT2D eigenvalue weighted by Gasteiger charge is 2.16. The number of rotatable bonds is 7. The summed E-state index contributed by atoms with van der Waals surface area (Å²) >= 11 is 1.38. The van der Waals surface area contributed by atoms with Crippen LogP contribution in [0.1, 0.15) is 43.7 Å². The first kappa shape index (κ1) is 19.1. The van der Waals surface area contributed by atoms with Gasteiger partial charge >= 0.3 is 5.97 Å². The number of amides is 1. The molecule has 2 aromatic rings. The summed E-state index contributed by atoms with van der Waals surface area (Å²) in [5, 5.41) is 5.20. The van der Waals surface area contributed by atoms with Gasteiger partial charge in [0.15, 0.2) is 12.3 Å². The Morgan fingerprint density at radius 3 is 2.48 bits per heavy atom. The average molecular weight is 360 g/mol. The first-order valence-corrected chi connectivity index (χ1v) is 9.30.